The molecule has 1 atom stereocenters. The highest BCUT2D eigenvalue weighted by molar-refractivity contribution is 7.99. The molecule has 0 aromatic heterocycles. The predicted molar refractivity (Wildman–Crippen MR) is 80.8 cm³/mol. The summed E-state index contributed by atoms with van der Waals surface area (Å²) in [6, 6.07) is 13.9. The molecule has 1 aliphatic rings. The van der Waals surface area contributed by atoms with E-state index in [2.05, 4.69) is 12.1 Å². The largest absolute Gasteiger partial charge is 0.416 e. The van der Waals surface area contributed by atoms with Crippen molar-refractivity contribution in [3.05, 3.63) is 70.8 Å². The van der Waals surface area contributed by atoms with E-state index in [-0.39, 0.29) is 5.92 Å². The van der Waals surface area contributed by atoms with Crippen LogP contribution in [0.25, 0.3) is 0 Å². The molecular formula is C17H15F3S. The maximum absolute atomic E-state index is 12.7. The van der Waals surface area contributed by atoms with Gasteiger partial charge in [-0.05, 0) is 41.0 Å². The third-order valence-corrected chi connectivity index (χ3v) is 4.93. The van der Waals surface area contributed by atoms with Crippen LogP contribution in [0.2, 0.25) is 0 Å². The first-order valence-corrected chi connectivity index (χ1v) is 8.04. The van der Waals surface area contributed by atoms with Gasteiger partial charge in [0.15, 0.2) is 0 Å². The van der Waals surface area contributed by atoms with E-state index in [4.69, 9.17) is 0 Å². The molecule has 0 aliphatic carbocycles. The van der Waals surface area contributed by atoms with E-state index >= 15 is 0 Å². The van der Waals surface area contributed by atoms with Crippen LogP contribution in [0.15, 0.2) is 48.5 Å². The molecule has 0 saturated carbocycles. The fraction of sp³-hybridized carbons (Fsp3) is 0.294. The molecule has 3 rings (SSSR count). The van der Waals surface area contributed by atoms with Gasteiger partial charge in [0, 0.05) is 11.7 Å². The minimum atomic E-state index is -4.27. The Hall–Kier alpha value is -1.42. The SMILES string of the molecule is FC(F)(F)c1ccc(C2CSCCc3ccccc32)cc1. The summed E-state index contributed by atoms with van der Waals surface area (Å²) in [7, 11) is 0. The fourth-order valence-corrected chi connectivity index (χ4v) is 3.89. The van der Waals surface area contributed by atoms with Crippen molar-refractivity contribution in [3.63, 3.8) is 0 Å². The van der Waals surface area contributed by atoms with E-state index in [9.17, 15) is 13.2 Å². The van der Waals surface area contributed by atoms with Crippen LogP contribution >= 0.6 is 11.8 Å². The van der Waals surface area contributed by atoms with Crippen molar-refractivity contribution in [2.24, 2.45) is 0 Å². The second-order valence-corrected chi connectivity index (χ2v) is 6.35. The highest BCUT2D eigenvalue weighted by Crippen LogP contribution is 2.36. The number of hydrogen-bond acceptors (Lipinski definition) is 1. The Kier molecular flexibility index (Phi) is 3.98. The molecule has 1 unspecified atom stereocenters. The van der Waals surface area contributed by atoms with Crippen LogP contribution in [0, 0.1) is 0 Å². The molecule has 0 amide bonds. The van der Waals surface area contributed by atoms with E-state index < -0.39 is 11.7 Å². The zero-order valence-electron chi connectivity index (χ0n) is 11.4. The van der Waals surface area contributed by atoms with E-state index in [0.717, 1.165) is 23.5 Å². The zero-order chi connectivity index (χ0) is 14.9. The van der Waals surface area contributed by atoms with Gasteiger partial charge in [0.2, 0.25) is 0 Å². The monoisotopic (exact) mass is 308 g/mol. The number of thioether (sulfide) groups is 1. The van der Waals surface area contributed by atoms with Crippen molar-refractivity contribution in [1.82, 2.24) is 0 Å². The summed E-state index contributed by atoms with van der Waals surface area (Å²) in [5, 5.41) is 0. The predicted octanol–water partition coefficient (Wildman–Crippen LogP) is 5.13. The summed E-state index contributed by atoms with van der Waals surface area (Å²) in [4.78, 5) is 0. The number of alkyl halides is 3. The summed E-state index contributed by atoms with van der Waals surface area (Å²) < 4.78 is 38.0. The number of fused-ring (bicyclic) bond motifs is 1. The van der Waals surface area contributed by atoms with Gasteiger partial charge in [0.1, 0.15) is 0 Å². The molecule has 0 nitrogen and oxygen atoms in total. The smallest absolute Gasteiger partial charge is 0.166 e. The molecule has 1 aliphatic heterocycles. The minimum Gasteiger partial charge on any atom is -0.166 e. The van der Waals surface area contributed by atoms with Gasteiger partial charge in [0.05, 0.1) is 5.56 Å². The number of halogens is 3. The lowest BCUT2D eigenvalue weighted by Crippen LogP contribution is -2.08. The molecule has 110 valence electrons. The summed E-state index contributed by atoms with van der Waals surface area (Å²) in [6.45, 7) is 0. The van der Waals surface area contributed by atoms with Gasteiger partial charge in [-0.1, -0.05) is 36.4 Å². The Labute approximate surface area is 126 Å². The average Bonchev–Trinajstić information content (AvgIpc) is 2.69. The fourth-order valence-electron chi connectivity index (χ4n) is 2.76. The van der Waals surface area contributed by atoms with Crippen molar-refractivity contribution < 1.29 is 13.2 Å². The lowest BCUT2D eigenvalue weighted by atomic mass is 9.88. The van der Waals surface area contributed by atoms with Crippen molar-refractivity contribution in [1.29, 1.82) is 0 Å². The maximum atomic E-state index is 12.7. The quantitative estimate of drug-likeness (QED) is 0.704. The molecule has 2 aromatic rings. The van der Waals surface area contributed by atoms with E-state index in [1.165, 1.54) is 23.3 Å². The van der Waals surface area contributed by atoms with E-state index in [0.29, 0.717) is 0 Å². The third-order valence-electron chi connectivity index (χ3n) is 3.87. The number of aryl methyl sites for hydroxylation is 1. The van der Waals surface area contributed by atoms with Crippen molar-refractivity contribution in [2.75, 3.05) is 11.5 Å². The van der Waals surface area contributed by atoms with Gasteiger partial charge in [0.25, 0.3) is 0 Å². The molecule has 2 aromatic carbocycles. The van der Waals surface area contributed by atoms with E-state index in [1.54, 1.807) is 12.1 Å². The van der Waals surface area contributed by atoms with Gasteiger partial charge in [-0.2, -0.15) is 24.9 Å². The van der Waals surface area contributed by atoms with E-state index in [1.807, 2.05) is 23.9 Å². The molecule has 1 heterocycles. The summed E-state index contributed by atoms with van der Waals surface area (Å²) in [5.41, 5.74) is 2.94. The average molecular weight is 308 g/mol. The zero-order valence-corrected chi connectivity index (χ0v) is 12.2. The number of rotatable bonds is 1. The lowest BCUT2D eigenvalue weighted by molar-refractivity contribution is -0.137. The van der Waals surface area contributed by atoms with Crippen LogP contribution in [0.4, 0.5) is 13.2 Å². The third kappa shape index (κ3) is 3.10. The maximum Gasteiger partial charge on any atom is 0.416 e. The lowest BCUT2D eigenvalue weighted by Gasteiger charge is -2.18. The first-order valence-electron chi connectivity index (χ1n) is 6.88. The molecule has 0 bridgehead atoms. The van der Waals surface area contributed by atoms with Crippen LogP contribution in [0.3, 0.4) is 0 Å². The highest BCUT2D eigenvalue weighted by atomic mass is 32.2. The summed E-state index contributed by atoms with van der Waals surface area (Å²) in [5.74, 6) is 2.16. The number of hydrogen-bond donors (Lipinski definition) is 0. The van der Waals surface area contributed by atoms with Crippen LogP contribution in [0.1, 0.15) is 28.2 Å². The Balaban J connectivity index is 1.96. The molecule has 0 N–H and O–H groups in total. The first-order chi connectivity index (χ1) is 10.1. The molecule has 0 radical (unpaired) electrons. The normalized spacial score (nSPS) is 18.9. The second-order valence-electron chi connectivity index (χ2n) is 5.20. The van der Waals surface area contributed by atoms with Crippen LogP contribution in [-0.2, 0) is 12.6 Å². The Morgan fingerprint density at radius 2 is 1.67 bits per heavy atom. The second kappa shape index (κ2) is 5.76. The summed E-state index contributed by atoms with van der Waals surface area (Å²) >= 11 is 1.86. The van der Waals surface area contributed by atoms with Crippen LogP contribution in [-0.4, -0.2) is 11.5 Å². The van der Waals surface area contributed by atoms with Gasteiger partial charge < -0.3 is 0 Å². The molecule has 0 fully saturated rings. The Bertz CT molecular complexity index is 617. The highest BCUT2D eigenvalue weighted by Gasteiger charge is 2.30. The molecule has 0 saturated heterocycles. The number of benzene rings is 2. The topological polar surface area (TPSA) is 0 Å². The van der Waals surface area contributed by atoms with Gasteiger partial charge in [-0.3, -0.25) is 0 Å². The first kappa shape index (κ1) is 14.5. The van der Waals surface area contributed by atoms with Crippen molar-refractivity contribution in [3.8, 4) is 0 Å². The van der Waals surface area contributed by atoms with Gasteiger partial charge >= 0.3 is 6.18 Å². The summed E-state index contributed by atoms with van der Waals surface area (Å²) in [6.07, 6.45) is -3.24. The molecule has 0 spiro atoms. The minimum absolute atomic E-state index is 0.177. The molecule has 4 heteroatoms. The Morgan fingerprint density at radius 3 is 2.38 bits per heavy atom. The van der Waals surface area contributed by atoms with Gasteiger partial charge in [-0.25, -0.2) is 0 Å². The van der Waals surface area contributed by atoms with Crippen molar-refractivity contribution in [2.45, 2.75) is 18.5 Å². The van der Waals surface area contributed by atoms with Crippen LogP contribution in [0.5, 0.6) is 0 Å². The van der Waals surface area contributed by atoms with Gasteiger partial charge in [-0.15, -0.1) is 0 Å². The van der Waals surface area contributed by atoms with Crippen LogP contribution < -0.4 is 0 Å². The standard InChI is InChI=1S/C17H15F3S/c18-17(19,20)14-7-5-13(6-8-14)16-11-21-10-9-12-3-1-2-4-15(12)16/h1-8,16H,9-11H2. The Morgan fingerprint density at radius 1 is 0.952 bits per heavy atom. The molecule has 21 heavy (non-hydrogen) atoms. The molecular weight excluding hydrogens is 293 g/mol. The van der Waals surface area contributed by atoms with Crippen molar-refractivity contribution >= 4 is 11.8 Å².